The first-order chi connectivity index (χ1) is 12.8. The van der Waals surface area contributed by atoms with Gasteiger partial charge in [-0.05, 0) is 68.4 Å². The highest BCUT2D eigenvalue weighted by Crippen LogP contribution is 2.38. The molecule has 0 N–H and O–H groups in total. The SMILES string of the molecule is CN(C)C.[B]C(c1ccc(OC)cc1)c1cc(C(F)(F)F)cc(C(F)(F)F)c1. The molecular formula is C19H20BF6NO. The lowest BCUT2D eigenvalue weighted by Gasteiger charge is -2.19. The van der Waals surface area contributed by atoms with E-state index in [-0.39, 0.29) is 11.6 Å². The number of methoxy groups -OCH3 is 1. The highest BCUT2D eigenvalue weighted by atomic mass is 19.4. The van der Waals surface area contributed by atoms with E-state index < -0.39 is 29.3 Å². The van der Waals surface area contributed by atoms with Crippen LogP contribution in [0.4, 0.5) is 26.3 Å². The molecule has 1 unspecified atom stereocenters. The van der Waals surface area contributed by atoms with Gasteiger partial charge in [0.25, 0.3) is 0 Å². The Balaban J connectivity index is 0.000000892. The van der Waals surface area contributed by atoms with Crippen LogP contribution in [0.2, 0.25) is 0 Å². The minimum absolute atomic E-state index is 0.0737. The van der Waals surface area contributed by atoms with Crippen molar-refractivity contribution >= 4 is 7.85 Å². The standard InChI is InChI=1S/C16H11BF6O.C3H9N/c1-24-13-4-2-9(3-5-13)14(17)10-6-11(15(18,19)20)8-12(7-10)16(21,22)23;1-4(2)3/h2-8,14H,1H3;1-3H3. The third-order valence-electron chi connectivity index (χ3n) is 3.44. The third kappa shape index (κ3) is 7.11. The zero-order valence-electron chi connectivity index (χ0n) is 15.8. The largest absolute Gasteiger partial charge is 0.497 e. The average molecular weight is 403 g/mol. The molecule has 2 radical (unpaired) electrons. The van der Waals surface area contributed by atoms with Gasteiger partial charge in [0.2, 0.25) is 0 Å². The van der Waals surface area contributed by atoms with E-state index in [4.69, 9.17) is 12.6 Å². The van der Waals surface area contributed by atoms with Crippen molar-refractivity contribution in [2.45, 2.75) is 18.2 Å². The van der Waals surface area contributed by atoms with E-state index in [0.29, 0.717) is 23.4 Å². The Morgan fingerprint density at radius 2 is 1.18 bits per heavy atom. The molecule has 28 heavy (non-hydrogen) atoms. The van der Waals surface area contributed by atoms with Crippen molar-refractivity contribution in [2.75, 3.05) is 28.3 Å². The van der Waals surface area contributed by atoms with E-state index in [0.717, 1.165) is 0 Å². The maximum atomic E-state index is 12.9. The van der Waals surface area contributed by atoms with Crippen LogP contribution in [0.25, 0.3) is 0 Å². The summed E-state index contributed by atoms with van der Waals surface area (Å²) in [5, 5.41) is 0. The van der Waals surface area contributed by atoms with Crippen LogP contribution < -0.4 is 4.74 Å². The highest BCUT2D eigenvalue weighted by Gasteiger charge is 2.37. The van der Waals surface area contributed by atoms with Crippen LogP contribution in [0, 0.1) is 0 Å². The van der Waals surface area contributed by atoms with Crippen LogP contribution in [-0.4, -0.2) is 41.0 Å². The molecule has 0 heterocycles. The molecule has 0 aliphatic rings. The zero-order valence-corrected chi connectivity index (χ0v) is 15.8. The second kappa shape index (κ2) is 9.36. The molecule has 0 spiro atoms. The fraction of sp³-hybridized carbons (Fsp3) is 0.368. The number of hydrogen-bond donors (Lipinski definition) is 0. The number of rotatable bonds is 3. The Morgan fingerprint density at radius 3 is 1.50 bits per heavy atom. The number of benzene rings is 2. The molecule has 2 aromatic rings. The van der Waals surface area contributed by atoms with E-state index in [1.807, 2.05) is 26.0 Å². The van der Waals surface area contributed by atoms with Crippen molar-refractivity contribution in [3.8, 4) is 5.75 Å². The van der Waals surface area contributed by atoms with Gasteiger partial charge in [0.15, 0.2) is 0 Å². The fourth-order valence-electron chi connectivity index (χ4n) is 2.16. The molecule has 0 saturated heterocycles. The van der Waals surface area contributed by atoms with Crippen molar-refractivity contribution in [3.63, 3.8) is 0 Å². The second-order valence-corrected chi connectivity index (χ2v) is 6.43. The summed E-state index contributed by atoms with van der Waals surface area (Å²) in [7, 11) is 13.3. The van der Waals surface area contributed by atoms with E-state index >= 15 is 0 Å². The lowest BCUT2D eigenvalue weighted by atomic mass is 9.75. The summed E-state index contributed by atoms with van der Waals surface area (Å²) in [5.41, 5.74) is -2.70. The lowest BCUT2D eigenvalue weighted by Crippen LogP contribution is -2.13. The summed E-state index contributed by atoms with van der Waals surface area (Å²) < 4.78 is 82.2. The van der Waals surface area contributed by atoms with Gasteiger partial charge >= 0.3 is 12.4 Å². The lowest BCUT2D eigenvalue weighted by molar-refractivity contribution is -0.143. The molecule has 0 fully saturated rings. The Labute approximate surface area is 161 Å². The summed E-state index contributed by atoms with van der Waals surface area (Å²) in [6.07, 6.45) is -9.81. The molecule has 0 aliphatic carbocycles. The molecule has 1 atom stereocenters. The Kier molecular flexibility index (Phi) is 7.99. The smallest absolute Gasteiger partial charge is 0.416 e. The molecule has 9 heteroatoms. The molecule has 0 aromatic heterocycles. The minimum atomic E-state index is -4.91. The fourth-order valence-corrected chi connectivity index (χ4v) is 2.16. The number of alkyl halides is 6. The quantitative estimate of drug-likeness (QED) is 0.518. The van der Waals surface area contributed by atoms with Gasteiger partial charge < -0.3 is 9.64 Å². The molecule has 2 nitrogen and oxygen atoms in total. The maximum absolute atomic E-state index is 12.9. The molecule has 2 rings (SSSR count). The number of ether oxygens (including phenoxy) is 1. The molecular weight excluding hydrogens is 383 g/mol. The van der Waals surface area contributed by atoms with Crippen molar-refractivity contribution in [1.82, 2.24) is 4.90 Å². The topological polar surface area (TPSA) is 12.5 Å². The second-order valence-electron chi connectivity index (χ2n) is 6.43. The molecule has 0 amide bonds. The number of halogens is 6. The average Bonchev–Trinajstić information content (AvgIpc) is 2.59. The summed E-state index contributed by atoms with van der Waals surface area (Å²) in [6, 6.07) is 7.34. The van der Waals surface area contributed by atoms with Crippen molar-refractivity contribution in [1.29, 1.82) is 0 Å². The first-order valence-electron chi connectivity index (χ1n) is 8.05. The van der Waals surface area contributed by atoms with Crippen LogP contribution in [0.15, 0.2) is 42.5 Å². The predicted molar refractivity (Wildman–Crippen MR) is 96.6 cm³/mol. The van der Waals surface area contributed by atoms with Gasteiger partial charge in [0.05, 0.1) is 26.1 Å². The molecule has 0 saturated carbocycles. The predicted octanol–water partition coefficient (Wildman–Crippen LogP) is 5.17. The van der Waals surface area contributed by atoms with Gasteiger partial charge in [-0.15, -0.1) is 0 Å². The zero-order chi connectivity index (χ0) is 21.7. The van der Waals surface area contributed by atoms with Gasteiger partial charge in [-0.2, -0.15) is 26.3 Å². The van der Waals surface area contributed by atoms with Gasteiger partial charge in [-0.1, -0.05) is 12.1 Å². The van der Waals surface area contributed by atoms with Gasteiger partial charge in [-0.25, -0.2) is 0 Å². The summed E-state index contributed by atoms with van der Waals surface area (Å²) in [5.74, 6) is -0.648. The first kappa shape index (κ1) is 23.9. The van der Waals surface area contributed by atoms with E-state index in [1.54, 1.807) is 0 Å². The number of hydrogen-bond acceptors (Lipinski definition) is 2. The Morgan fingerprint density at radius 1 is 0.786 bits per heavy atom. The van der Waals surface area contributed by atoms with Gasteiger partial charge in [0.1, 0.15) is 5.75 Å². The Bertz CT molecular complexity index is 721. The first-order valence-corrected chi connectivity index (χ1v) is 8.05. The van der Waals surface area contributed by atoms with Gasteiger partial charge in [0, 0.05) is 0 Å². The van der Waals surface area contributed by atoms with Crippen molar-refractivity contribution < 1.29 is 31.1 Å². The normalized spacial score (nSPS) is 13.0. The monoisotopic (exact) mass is 403 g/mol. The minimum Gasteiger partial charge on any atom is -0.497 e. The molecule has 152 valence electrons. The summed E-state index contributed by atoms with van der Waals surface area (Å²) >= 11 is 0. The molecule has 0 aliphatic heterocycles. The third-order valence-corrected chi connectivity index (χ3v) is 3.44. The van der Waals surface area contributed by atoms with Crippen LogP contribution in [0.5, 0.6) is 5.75 Å². The maximum Gasteiger partial charge on any atom is 0.416 e. The van der Waals surface area contributed by atoms with Crippen LogP contribution in [0.1, 0.15) is 28.1 Å². The molecule has 0 bridgehead atoms. The van der Waals surface area contributed by atoms with E-state index in [2.05, 4.69) is 0 Å². The summed E-state index contributed by atoms with van der Waals surface area (Å²) in [4.78, 5) is 2.00. The highest BCUT2D eigenvalue weighted by molar-refractivity contribution is 6.14. The Hall–Kier alpha value is -2.16. The number of nitrogens with zero attached hydrogens (tertiary/aromatic N) is 1. The molecule has 2 aromatic carbocycles. The van der Waals surface area contributed by atoms with Crippen LogP contribution in [0.3, 0.4) is 0 Å². The van der Waals surface area contributed by atoms with Crippen LogP contribution in [-0.2, 0) is 12.4 Å². The van der Waals surface area contributed by atoms with Crippen LogP contribution >= 0.6 is 0 Å². The van der Waals surface area contributed by atoms with E-state index in [9.17, 15) is 26.3 Å². The van der Waals surface area contributed by atoms with Crippen molar-refractivity contribution in [2.24, 2.45) is 0 Å². The summed E-state index contributed by atoms with van der Waals surface area (Å²) in [6.45, 7) is 0. The van der Waals surface area contributed by atoms with E-state index in [1.165, 1.54) is 31.4 Å². The van der Waals surface area contributed by atoms with Crippen molar-refractivity contribution in [3.05, 3.63) is 64.7 Å². The van der Waals surface area contributed by atoms with Gasteiger partial charge in [-0.3, -0.25) is 0 Å².